The van der Waals surface area contributed by atoms with Gasteiger partial charge in [0.1, 0.15) is 35.2 Å². The molecular weight excluding hydrogens is 566 g/mol. The highest BCUT2D eigenvalue weighted by atomic mass is 19.1. The molecule has 228 valence electrons. The second kappa shape index (κ2) is 9.92. The summed E-state index contributed by atoms with van der Waals surface area (Å²) in [6, 6.07) is 8.61. The Kier molecular flexibility index (Phi) is 6.02. The molecule has 5 unspecified atom stereocenters. The van der Waals surface area contributed by atoms with Gasteiger partial charge in [-0.25, -0.2) is 8.78 Å². The van der Waals surface area contributed by atoms with Gasteiger partial charge in [0.05, 0.1) is 24.1 Å². The van der Waals surface area contributed by atoms with Crippen LogP contribution in [0.5, 0.6) is 11.8 Å². The highest BCUT2D eigenvalue weighted by Gasteiger charge is 2.56. The van der Waals surface area contributed by atoms with Crippen LogP contribution in [-0.2, 0) is 4.74 Å². The number of halogens is 2. The number of aromatic nitrogens is 3. The van der Waals surface area contributed by atoms with Gasteiger partial charge >= 0.3 is 6.01 Å². The van der Waals surface area contributed by atoms with Crippen LogP contribution in [-0.4, -0.2) is 88.1 Å². The van der Waals surface area contributed by atoms with Crippen molar-refractivity contribution in [3.8, 4) is 23.0 Å². The monoisotopic (exact) mass is 600 g/mol. The lowest BCUT2D eigenvalue weighted by Gasteiger charge is -2.35. The number of pyridine rings is 1. The zero-order valence-electron chi connectivity index (χ0n) is 24.3. The third-order valence-corrected chi connectivity index (χ3v) is 10.7. The fourth-order valence-corrected chi connectivity index (χ4v) is 8.76. The van der Waals surface area contributed by atoms with E-state index < -0.39 is 11.6 Å². The number of hydrogen-bond acceptors (Lipinski definition) is 9. The molecule has 44 heavy (non-hydrogen) atoms. The summed E-state index contributed by atoms with van der Waals surface area (Å²) in [4.78, 5) is 18.8. The molecule has 2 bridgehead atoms. The Morgan fingerprint density at radius 1 is 1.11 bits per heavy atom. The van der Waals surface area contributed by atoms with Crippen LogP contribution >= 0.6 is 0 Å². The Balaban J connectivity index is 1.16. The molecule has 5 aliphatic rings. The van der Waals surface area contributed by atoms with Crippen LogP contribution in [0.4, 0.5) is 14.6 Å². The summed E-state index contributed by atoms with van der Waals surface area (Å²) in [6.45, 7) is 4.50. The quantitative estimate of drug-likeness (QED) is 0.346. The molecule has 5 atom stereocenters. The molecule has 7 heterocycles. The standard InChI is InChI=1S/C33H34F2N6O3/c34-25-4-1-3-18-9-22(42)10-23(27(18)25)29-28(35)30-24(12-36-29)31(40-13-20-5-6-21(14-40)37-20)39-32(38-30)44-17-33-7-2-8-41(33)26-16-43-15-19(26)11-33/h1,3-4,9-10,12,19-21,26,37,42H,2,5-8,11,13-17H2. The first-order valence-corrected chi connectivity index (χ1v) is 15.7. The molecule has 0 amide bonds. The van der Waals surface area contributed by atoms with Crippen molar-refractivity contribution in [3.63, 3.8) is 0 Å². The summed E-state index contributed by atoms with van der Waals surface area (Å²) in [5.74, 6) is -0.208. The first-order valence-electron chi connectivity index (χ1n) is 15.7. The fraction of sp³-hybridized carbons (Fsp3) is 0.485. The number of nitrogens with zero attached hydrogens (tertiary/aromatic N) is 5. The van der Waals surface area contributed by atoms with Crippen LogP contribution in [0, 0.1) is 17.6 Å². The van der Waals surface area contributed by atoms with Gasteiger partial charge < -0.3 is 24.8 Å². The van der Waals surface area contributed by atoms with Gasteiger partial charge in [-0.05, 0) is 62.2 Å². The predicted molar refractivity (Wildman–Crippen MR) is 161 cm³/mol. The first kappa shape index (κ1) is 26.7. The highest BCUT2D eigenvalue weighted by Crippen LogP contribution is 2.48. The number of aromatic hydroxyl groups is 1. The van der Waals surface area contributed by atoms with E-state index in [1.165, 1.54) is 18.2 Å². The zero-order valence-corrected chi connectivity index (χ0v) is 24.3. The maximum absolute atomic E-state index is 16.7. The van der Waals surface area contributed by atoms with E-state index in [4.69, 9.17) is 14.5 Å². The molecule has 0 aliphatic carbocycles. The molecule has 0 spiro atoms. The summed E-state index contributed by atoms with van der Waals surface area (Å²) < 4.78 is 44.0. The zero-order chi connectivity index (χ0) is 29.6. The van der Waals surface area contributed by atoms with Crippen LogP contribution in [0.15, 0.2) is 36.5 Å². The van der Waals surface area contributed by atoms with Gasteiger partial charge in [-0.1, -0.05) is 12.1 Å². The largest absolute Gasteiger partial charge is 0.508 e. The van der Waals surface area contributed by atoms with Crippen molar-refractivity contribution >= 4 is 27.5 Å². The van der Waals surface area contributed by atoms with Crippen molar-refractivity contribution in [1.82, 2.24) is 25.2 Å². The molecule has 9 nitrogen and oxygen atoms in total. The van der Waals surface area contributed by atoms with Crippen LogP contribution in [0.3, 0.4) is 0 Å². The minimum Gasteiger partial charge on any atom is -0.508 e. The molecule has 2 N–H and O–H groups in total. The molecule has 11 heteroatoms. The average molecular weight is 601 g/mol. The molecule has 2 aromatic heterocycles. The van der Waals surface area contributed by atoms with E-state index in [0.29, 0.717) is 47.2 Å². The van der Waals surface area contributed by atoms with Gasteiger partial charge in [-0.3, -0.25) is 9.88 Å². The first-order chi connectivity index (χ1) is 21.5. The predicted octanol–water partition coefficient (Wildman–Crippen LogP) is 4.40. The van der Waals surface area contributed by atoms with Crippen molar-refractivity contribution < 1.29 is 23.4 Å². The Hall–Kier alpha value is -3.67. The van der Waals surface area contributed by atoms with Gasteiger partial charge in [-0.2, -0.15) is 9.97 Å². The van der Waals surface area contributed by atoms with Crippen molar-refractivity contribution in [2.24, 2.45) is 5.92 Å². The van der Waals surface area contributed by atoms with E-state index in [-0.39, 0.29) is 39.5 Å². The van der Waals surface area contributed by atoms with E-state index in [1.54, 1.807) is 18.3 Å². The van der Waals surface area contributed by atoms with Crippen molar-refractivity contribution in [2.75, 3.05) is 44.4 Å². The summed E-state index contributed by atoms with van der Waals surface area (Å²) in [6.07, 6.45) is 6.91. The Labute approximate surface area is 253 Å². The lowest BCUT2D eigenvalue weighted by Crippen LogP contribution is -2.51. The Morgan fingerprint density at radius 3 is 2.84 bits per heavy atom. The number of phenols is 1. The number of fused-ring (bicyclic) bond motifs is 7. The minimum atomic E-state index is -0.697. The fourth-order valence-electron chi connectivity index (χ4n) is 8.76. The maximum Gasteiger partial charge on any atom is 0.319 e. The number of hydrogen-bond donors (Lipinski definition) is 2. The van der Waals surface area contributed by atoms with Crippen LogP contribution in [0.1, 0.15) is 32.1 Å². The molecule has 5 fully saturated rings. The van der Waals surface area contributed by atoms with Crippen molar-refractivity contribution in [1.29, 1.82) is 0 Å². The van der Waals surface area contributed by atoms with Crippen LogP contribution in [0.25, 0.3) is 32.9 Å². The third-order valence-electron chi connectivity index (χ3n) is 10.7. The number of rotatable bonds is 5. The van der Waals surface area contributed by atoms with Gasteiger partial charge in [0.25, 0.3) is 0 Å². The Bertz CT molecular complexity index is 1800. The number of anilines is 1. The van der Waals surface area contributed by atoms with Gasteiger partial charge in [-0.15, -0.1) is 0 Å². The summed E-state index contributed by atoms with van der Waals surface area (Å²) >= 11 is 0. The lowest BCUT2D eigenvalue weighted by atomic mass is 9.90. The van der Waals surface area contributed by atoms with Crippen molar-refractivity contribution in [3.05, 3.63) is 48.2 Å². The molecule has 2 aromatic carbocycles. The topological polar surface area (TPSA) is 95.9 Å². The summed E-state index contributed by atoms with van der Waals surface area (Å²) in [5.41, 5.74) is 0.0708. The number of phenolic OH excluding ortho intramolecular Hbond substituents is 1. The van der Waals surface area contributed by atoms with E-state index >= 15 is 8.78 Å². The van der Waals surface area contributed by atoms with Gasteiger partial charge in [0.2, 0.25) is 0 Å². The maximum atomic E-state index is 16.7. The second-order valence-corrected chi connectivity index (χ2v) is 13.3. The molecule has 0 radical (unpaired) electrons. The molecule has 4 aromatic rings. The smallest absolute Gasteiger partial charge is 0.319 e. The Morgan fingerprint density at radius 2 is 1.98 bits per heavy atom. The summed E-state index contributed by atoms with van der Waals surface area (Å²) in [5, 5.41) is 15.2. The molecular formula is C33H34F2N6O3. The molecule has 0 saturated carbocycles. The minimum absolute atomic E-state index is 0.0752. The van der Waals surface area contributed by atoms with E-state index in [9.17, 15) is 5.11 Å². The summed E-state index contributed by atoms with van der Waals surface area (Å²) in [7, 11) is 0. The van der Waals surface area contributed by atoms with Crippen molar-refractivity contribution in [2.45, 2.75) is 55.8 Å². The third kappa shape index (κ3) is 4.09. The molecule has 9 rings (SSSR count). The SMILES string of the molecule is Oc1cc(-c2ncc3c(N4CC5CCC(C4)N5)nc(OCC45CCCN4C4COCC4C5)nc3c2F)c2c(F)cccc2c1. The van der Waals surface area contributed by atoms with Crippen LogP contribution < -0.4 is 15.0 Å². The van der Waals surface area contributed by atoms with E-state index in [2.05, 4.69) is 25.1 Å². The van der Waals surface area contributed by atoms with Gasteiger partial charge in [0, 0.05) is 54.3 Å². The lowest BCUT2D eigenvalue weighted by molar-refractivity contribution is 0.0582. The van der Waals surface area contributed by atoms with E-state index in [0.717, 1.165) is 65.0 Å². The second-order valence-electron chi connectivity index (χ2n) is 13.3. The average Bonchev–Trinajstić information content (AvgIpc) is 3.77. The highest BCUT2D eigenvalue weighted by molar-refractivity contribution is 6.00. The normalized spacial score (nSPS) is 29.5. The molecule has 5 aliphatic heterocycles. The van der Waals surface area contributed by atoms with Gasteiger partial charge in [0.15, 0.2) is 5.82 Å². The number of ether oxygens (including phenoxy) is 2. The number of nitrogens with one attached hydrogen (secondary N) is 1. The van der Waals surface area contributed by atoms with E-state index in [1.807, 2.05) is 0 Å². The molecule has 5 saturated heterocycles. The number of benzene rings is 2. The number of piperazine rings is 1. The van der Waals surface area contributed by atoms with Crippen LogP contribution in [0.2, 0.25) is 0 Å².